The van der Waals surface area contributed by atoms with Gasteiger partial charge in [-0.05, 0) is 73.6 Å². The van der Waals surface area contributed by atoms with E-state index in [2.05, 4.69) is 35.9 Å². The first-order valence-corrected chi connectivity index (χ1v) is 9.55. The second-order valence-electron chi connectivity index (χ2n) is 7.18. The van der Waals surface area contributed by atoms with Crippen LogP contribution in [0, 0.1) is 11.8 Å². The van der Waals surface area contributed by atoms with Crippen LogP contribution >= 0.6 is 23.2 Å². The molecule has 0 N–H and O–H groups in total. The molecule has 0 radical (unpaired) electrons. The predicted molar refractivity (Wildman–Crippen MR) is 101 cm³/mol. The van der Waals surface area contributed by atoms with E-state index >= 15 is 0 Å². The zero-order valence-corrected chi connectivity index (χ0v) is 15.9. The molecule has 2 nitrogen and oxygen atoms in total. The molecule has 4 rings (SSSR count). The number of fused-ring (bicyclic) bond motifs is 2. The summed E-state index contributed by atoms with van der Waals surface area (Å²) in [7, 11) is 0. The molecule has 0 saturated heterocycles. The zero-order chi connectivity index (χ0) is 17.1. The minimum Gasteiger partial charge on any atom is -0.241 e. The molecule has 0 amide bonds. The third-order valence-electron chi connectivity index (χ3n) is 4.97. The average molecular weight is 363 g/mol. The lowest BCUT2D eigenvalue weighted by atomic mass is 9.88. The minimum absolute atomic E-state index is 0.628. The average Bonchev–Trinajstić information content (AvgIpc) is 2.54. The van der Waals surface area contributed by atoms with Gasteiger partial charge in [-0.1, -0.05) is 49.2 Å². The summed E-state index contributed by atoms with van der Waals surface area (Å²) in [4.78, 5) is 8.66. The number of halogens is 2. The Balaban J connectivity index is 0.000000141. The Labute approximate surface area is 154 Å². The van der Waals surface area contributed by atoms with E-state index in [1.54, 1.807) is 0 Å². The quantitative estimate of drug-likeness (QED) is 0.560. The lowest BCUT2D eigenvalue weighted by molar-refractivity contribution is 0.492. The van der Waals surface area contributed by atoms with Crippen molar-refractivity contribution >= 4 is 23.2 Å². The van der Waals surface area contributed by atoms with Gasteiger partial charge in [0.15, 0.2) is 0 Å². The van der Waals surface area contributed by atoms with Crippen molar-refractivity contribution in [1.29, 1.82) is 0 Å². The van der Waals surface area contributed by atoms with Gasteiger partial charge < -0.3 is 0 Å². The molecule has 0 spiro atoms. The highest BCUT2D eigenvalue weighted by Crippen LogP contribution is 2.25. The van der Waals surface area contributed by atoms with Crippen molar-refractivity contribution in [2.24, 2.45) is 11.8 Å². The van der Waals surface area contributed by atoms with E-state index in [0.29, 0.717) is 10.3 Å². The number of aryl methyl sites for hydroxylation is 2. The van der Waals surface area contributed by atoms with Crippen molar-refractivity contribution in [1.82, 2.24) is 9.97 Å². The SMILES string of the molecule is CC1CCc2ccc(Cl)nc2C1.CC1CCc2ccc(Cl)nc2C1. The minimum atomic E-state index is 0.628. The van der Waals surface area contributed by atoms with Gasteiger partial charge >= 0.3 is 0 Å². The van der Waals surface area contributed by atoms with Crippen LogP contribution in [0.15, 0.2) is 24.3 Å². The van der Waals surface area contributed by atoms with Gasteiger partial charge in [0.25, 0.3) is 0 Å². The van der Waals surface area contributed by atoms with Crippen LogP contribution in [0.2, 0.25) is 10.3 Å². The van der Waals surface area contributed by atoms with Crippen LogP contribution in [0.4, 0.5) is 0 Å². The summed E-state index contributed by atoms with van der Waals surface area (Å²) in [5, 5.41) is 1.26. The van der Waals surface area contributed by atoms with Crippen LogP contribution in [-0.2, 0) is 25.7 Å². The Morgan fingerprint density at radius 3 is 1.58 bits per heavy atom. The summed E-state index contributed by atoms with van der Waals surface area (Å²) in [6.45, 7) is 4.54. The number of hydrogen-bond acceptors (Lipinski definition) is 2. The van der Waals surface area contributed by atoms with Gasteiger partial charge in [0.2, 0.25) is 0 Å². The fourth-order valence-corrected chi connectivity index (χ4v) is 3.81. The zero-order valence-electron chi connectivity index (χ0n) is 14.4. The van der Waals surface area contributed by atoms with Crippen molar-refractivity contribution in [2.45, 2.75) is 52.4 Å². The highest BCUT2D eigenvalue weighted by atomic mass is 35.5. The molecule has 2 aromatic rings. The van der Waals surface area contributed by atoms with E-state index in [9.17, 15) is 0 Å². The molecule has 2 aliphatic carbocycles. The summed E-state index contributed by atoms with van der Waals surface area (Å²) < 4.78 is 0. The molecule has 2 aromatic heterocycles. The van der Waals surface area contributed by atoms with Gasteiger partial charge in [-0.2, -0.15) is 0 Å². The maximum atomic E-state index is 5.81. The van der Waals surface area contributed by atoms with Crippen LogP contribution < -0.4 is 0 Å². The van der Waals surface area contributed by atoms with Gasteiger partial charge in [0.1, 0.15) is 10.3 Å². The van der Waals surface area contributed by atoms with E-state index in [1.165, 1.54) is 48.2 Å². The Morgan fingerprint density at radius 2 is 1.17 bits per heavy atom. The third-order valence-corrected chi connectivity index (χ3v) is 5.39. The maximum Gasteiger partial charge on any atom is 0.129 e. The summed E-state index contributed by atoms with van der Waals surface area (Å²) in [6, 6.07) is 7.99. The molecule has 24 heavy (non-hydrogen) atoms. The van der Waals surface area contributed by atoms with Crippen LogP contribution in [0.25, 0.3) is 0 Å². The van der Waals surface area contributed by atoms with Crippen LogP contribution in [0.5, 0.6) is 0 Å². The smallest absolute Gasteiger partial charge is 0.129 e. The van der Waals surface area contributed by atoms with Crippen molar-refractivity contribution in [2.75, 3.05) is 0 Å². The van der Waals surface area contributed by atoms with Gasteiger partial charge in [0.05, 0.1) is 0 Å². The molecule has 0 bridgehead atoms. The first kappa shape index (κ1) is 17.7. The summed E-state index contributed by atoms with van der Waals surface area (Å²) in [5.41, 5.74) is 5.19. The van der Waals surface area contributed by atoms with E-state index in [0.717, 1.165) is 24.7 Å². The monoisotopic (exact) mass is 362 g/mol. The van der Waals surface area contributed by atoms with Crippen molar-refractivity contribution in [3.8, 4) is 0 Å². The highest BCUT2D eigenvalue weighted by molar-refractivity contribution is 6.29. The molecule has 4 heteroatoms. The Hall–Kier alpha value is -1.12. The predicted octanol–water partition coefficient (Wildman–Crippen LogP) is 5.72. The van der Waals surface area contributed by atoms with Crippen molar-refractivity contribution in [3.63, 3.8) is 0 Å². The number of nitrogens with zero attached hydrogens (tertiary/aromatic N) is 2. The third kappa shape index (κ3) is 4.49. The maximum absolute atomic E-state index is 5.81. The van der Waals surface area contributed by atoms with Crippen LogP contribution in [-0.4, -0.2) is 9.97 Å². The number of rotatable bonds is 0. The number of hydrogen-bond donors (Lipinski definition) is 0. The van der Waals surface area contributed by atoms with E-state index in [4.69, 9.17) is 23.2 Å². The molecular weight excluding hydrogens is 339 g/mol. The fraction of sp³-hybridized carbons (Fsp3) is 0.500. The Morgan fingerprint density at radius 1 is 0.750 bits per heavy atom. The van der Waals surface area contributed by atoms with Crippen molar-refractivity contribution < 1.29 is 0 Å². The van der Waals surface area contributed by atoms with Gasteiger partial charge in [-0.25, -0.2) is 9.97 Å². The standard InChI is InChI=1S/2C10H12ClN/c2*1-7-2-3-8-4-5-10(11)12-9(8)6-7/h2*4-5,7H,2-3,6H2,1H3. The number of aromatic nitrogens is 2. The largest absolute Gasteiger partial charge is 0.241 e. The molecule has 2 unspecified atom stereocenters. The van der Waals surface area contributed by atoms with Crippen molar-refractivity contribution in [3.05, 3.63) is 57.1 Å². The molecule has 0 aliphatic heterocycles. The molecule has 0 saturated carbocycles. The lowest BCUT2D eigenvalue weighted by Crippen LogP contribution is -2.12. The molecule has 0 aromatic carbocycles. The van der Waals surface area contributed by atoms with E-state index in [-0.39, 0.29) is 0 Å². The second kappa shape index (κ2) is 7.84. The Bertz CT molecular complexity index is 653. The number of pyridine rings is 2. The lowest BCUT2D eigenvalue weighted by Gasteiger charge is -2.19. The highest BCUT2D eigenvalue weighted by Gasteiger charge is 2.16. The summed E-state index contributed by atoms with van der Waals surface area (Å²) in [5.74, 6) is 1.53. The summed E-state index contributed by atoms with van der Waals surface area (Å²) >= 11 is 11.6. The second-order valence-corrected chi connectivity index (χ2v) is 7.95. The van der Waals surface area contributed by atoms with Crippen LogP contribution in [0.3, 0.4) is 0 Å². The van der Waals surface area contributed by atoms with E-state index in [1.807, 2.05) is 12.1 Å². The molecule has 0 fully saturated rings. The Kier molecular flexibility index (Phi) is 5.78. The summed E-state index contributed by atoms with van der Waals surface area (Å²) in [6.07, 6.45) is 7.10. The first-order chi connectivity index (χ1) is 11.5. The van der Waals surface area contributed by atoms with Gasteiger partial charge in [0, 0.05) is 11.4 Å². The topological polar surface area (TPSA) is 25.8 Å². The molecule has 2 aliphatic rings. The van der Waals surface area contributed by atoms with Gasteiger partial charge in [-0.3, -0.25) is 0 Å². The molecular formula is C20H24Cl2N2. The first-order valence-electron chi connectivity index (χ1n) is 8.80. The molecule has 2 heterocycles. The normalized spacial score (nSPS) is 22.0. The van der Waals surface area contributed by atoms with E-state index < -0.39 is 0 Å². The van der Waals surface area contributed by atoms with Gasteiger partial charge in [-0.15, -0.1) is 0 Å². The fourth-order valence-electron chi connectivity index (χ4n) is 3.48. The van der Waals surface area contributed by atoms with Crippen LogP contribution in [0.1, 0.15) is 49.2 Å². The molecule has 2 atom stereocenters. The molecule has 128 valence electrons.